The summed E-state index contributed by atoms with van der Waals surface area (Å²) in [6.45, 7) is 2.58. The number of sulfonamides is 1. The van der Waals surface area contributed by atoms with Gasteiger partial charge in [-0.2, -0.15) is 4.31 Å². The number of benzene rings is 1. The summed E-state index contributed by atoms with van der Waals surface area (Å²) in [5, 5.41) is 2.67. The maximum Gasteiger partial charge on any atom is 0.221 e. The number of hydrogen-bond acceptors (Lipinski definition) is 5. The van der Waals surface area contributed by atoms with Crippen molar-refractivity contribution in [2.24, 2.45) is 0 Å². The lowest BCUT2D eigenvalue weighted by molar-refractivity contribution is -0.120. The zero-order chi connectivity index (χ0) is 19.0. The molecule has 2 rings (SSSR count). The van der Waals surface area contributed by atoms with E-state index in [1.54, 1.807) is 7.11 Å². The minimum absolute atomic E-state index is 0.0384. The average Bonchev–Trinajstić information content (AvgIpc) is 2.66. The van der Waals surface area contributed by atoms with Gasteiger partial charge in [-0.3, -0.25) is 4.79 Å². The Balaban J connectivity index is 1.77. The van der Waals surface area contributed by atoms with E-state index in [2.05, 4.69) is 10.2 Å². The maximum absolute atomic E-state index is 12.4. The summed E-state index contributed by atoms with van der Waals surface area (Å²) in [7, 11) is -1.67. The van der Waals surface area contributed by atoms with Crippen molar-refractivity contribution in [2.75, 3.05) is 56.4 Å². The number of piperazine rings is 1. The molecule has 1 saturated heterocycles. The van der Waals surface area contributed by atoms with E-state index in [0.717, 1.165) is 11.4 Å². The van der Waals surface area contributed by atoms with E-state index in [4.69, 9.17) is 16.3 Å². The SMILES string of the molecule is COc1ccc(N2CCN(S(=O)(=O)CCCNC(=O)CCCl)CC2)cc1. The number of rotatable bonds is 9. The van der Waals surface area contributed by atoms with Gasteiger partial charge in [0.25, 0.3) is 0 Å². The van der Waals surface area contributed by atoms with Crippen LogP contribution < -0.4 is 15.0 Å². The van der Waals surface area contributed by atoms with Crippen LogP contribution >= 0.6 is 11.6 Å². The maximum atomic E-state index is 12.4. The van der Waals surface area contributed by atoms with E-state index in [-0.39, 0.29) is 24.0 Å². The summed E-state index contributed by atoms with van der Waals surface area (Å²) in [6.07, 6.45) is 0.649. The Kier molecular flexibility index (Phi) is 7.99. The van der Waals surface area contributed by atoms with Crippen LogP contribution in [0.3, 0.4) is 0 Å². The predicted octanol–water partition coefficient (Wildman–Crippen LogP) is 1.28. The summed E-state index contributed by atoms with van der Waals surface area (Å²) in [6, 6.07) is 7.76. The van der Waals surface area contributed by atoms with Gasteiger partial charge >= 0.3 is 0 Å². The van der Waals surface area contributed by atoms with E-state index in [1.165, 1.54) is 4.31 Å². The predicted molar refractivity (Wildman–Crippen MR) is 104 cm³/mol. The Morgan fingerprint density at radius 1 is 1.19 bits per heavy atom. The minimum Gasteiger partial charge on any atom is -0.497 e. The Bertz CT molecular complexity index is 674. The van der Waals surface area contributed by atoms with Crippen LogP contribution in [0.1, 0.15) is 12.8 Å². The topological polar surface area (TPSA) is 79.0 Å². The van der Waals surface area contributed by atoms with Gasteiger partial charge in [0, 0.05) is 50.7 Å². The van der Waals surface area contributed by atoms with Gasteiger partial charge < -0.3 is 15.0 Å². The molecule has 1 heterocycles. The van der Waals surface area contributed by atoms with Gasteiger partial charge in [-0.25, -0.2) is 8.42 Å². The molecular weight excluding hydrogens is 378 g/mol. The third-order valence-electron chi connectivity index (χ3n) is 4.29. The number of anilines is 1. The van der Waals surface area contributed by atoms with Crippen LogP contribution in [0.15, 0.2) is 24.3 Å². The molecule has 0 radical (unpaired) electrons. The molecule has 0 aromatic heterocycles. The first-order valence-corrected chi connectivity index (χ1v) is 10.8. The lowest BCUT2D eigenvalue weighted by Gasteiger charge is -2.35. The second-order valence-corrected chi connectivity index (χ2v) is 8.51. The van der Waals surface area contributed by atoms with E-state index in [0.29, 0.717) is 39.1 Å². The van der Waals surface area contributed by atoms with Gasteiger partial charge in [0.2, 0.25) is 15.9 Å². The molecule has 0 unspecified atom stereocenters. The third-order valence-corrected chi connectivity index (χ3v) is 6.44. The molecule has 1 fully saturated rings. The molecule has 1 N–H and O–H groups in total. The highest BCUT2D eigenvalue weighted by molar-refractivity contribution is 7.89. The van der Waals surface area contributed by atoms with E-state index in [1.807, 2.05) is 24.3 Å². The van der Waals surface area contributed by atoms with Gasteiger partial charge in [0.1, 0.15) is 5.75 Å². The van der Waals surface area contributed by atoms with Crippen LogP contribution in [-0.4, -0.2) is 70.1 Å². The van der Waals surface area contributed by atoms with Gasteiger partial charge in [0.05, 0.1) is 12.9 Å². The highest BCUT2D eigenvalue weighted by Gasteiger charge is 2.26. The van der Waals surface area contributed by atoms with E-state index in [9.17, 15) is 13.2 Å². The fourth-order valence-corrected chi connectivity index (χ4v) is 4.46. The van der Waals surface area contributed by atoms with Crippen LogP contribution in [0.25, 0.3) is 0 Å². The number of nitrogens with one attached hydrogen (secondary N) is 1. The standard InChI is InChI=1S/C17H26ClN3O4S/c1-25-16-5-3-15(4-6-16)20-10-12-21(13-11-20)26(23,24)14-2-9-19-17(22)7-8-18/h3-6H,2,7-14H2,1H3,(H,19,22). The number of methoxy groups -OCH3 is 1. The van der Waals surface area contributed by atoms with Gasteiger partial charge in [-0.1, -0.05) is 0 Å². The molecule has 1 amide bonds. The molecular formula is C17H26ClN3O4S. The Hall–Kier alpha value is -1.51. The lowest BCUT2D eigenvalue weighted by Crippen LogP contribution is -2.49. The normalized spacial score (nSPS) is 15.7. The van der Waals surface area contributed by atoms with Crippen molar-refractivity contribution in [3.63, 3.8) is 0 Å². The number of halogens is 1. The molecule has 146 valence electrons. The summed E-state index contributed by atoms with van der Waals surface area (Å²) in [4.78, 5) is 13.5. The van der Waals surface area contributed by atoms with E-state index < -0.39 is 10.0 Å². The van der Waals surface area contributed by atoms with Crippen LogP contribution in [0.2, 0.25) is 0 Å². The van der Waals surface area contributed by atoms with Crippen molar-refractivity contribution >= 4 is 33.2 Å². The van der Waals surface area contributed by atoms with Crippen molar-refractivity contribution in [3.05, 3.63) is 24.3 Å². The molecule has 1 aliphatic heterocycles. The van der Waals surface area contributed by atoms with Crippen LogP contribution in [-0.2, 0) is 14.8 Å². The number of carbonyl (C=O) groups excluding carboxylic acids is 1. The zero-order valence-corrected chi connectivity index (χ0v) is 16.6. The lowest BCUT2D eigenvalue weighted by atomic mass is 10.2. The number of nitrogens with zero attached hydrogens (tertiary/aromatic N) is 2. The summed E-state index contributed by atoms with van der Waals surface area (Å²) in [5.74, 6) is 0.956. The second kappa shape index (κ2) is 9.99. The Morgan fingerprint density at radius 2 is 1.85 bits per heavy atom. The molecule has 1 aliphatic rings. The first kappa shape index (κ1) is 20.8. The first-order chi connectivity index (χ1) is 12.5. The van der Waals surface area contributed by atoms with Crippen molar-refractivity contribution < 1.29 is 17.9 Å². The smallest absolute Gasteiger partial charge is 0.221 e. The summed E-state index contributed by atoms with van der Waals surface area (Å²) in [5.41, 5.74) is 1.06. The average molecular weight is 404 g/mol. The number of ether oxygens (including phenoxy) is 1. The van der Waals surface area contributed by atoms with Gasteiger partial charge in [-0.15, -0.1) is 11.6 Å². The van der Waals surface area contributed by atoms with Gasteiger partial charge in [0.15, 0.2) is 0 Å². The van der Waals surface area contributed by atoms with Crippen molar-refractivity contribution in [2.45, 2.75) is 12.8 Å². The van der Waals surface area contributed by atoms with Gasteiger partial charge in [-0.05, 0) is 30.7 Å². The number of carbonyl (C=O) groups is 1. The first-order valence-electron chi connectivity index (χ1n) is 8.66. The fraction of sp³-hybridized carbons (Fsp3) is 0.588. The number of alkyl halides is 1. The van der Waals surface area contributed by atoms with Crippen molar-refractivity contribution in [1.29, 1.82) is 0 Å². The second-order valence-electron chi connectivity index (χ2n) is 6.04. The van der Waals surface area contributed by atoms with Crippen LogP contribution in [0.4, 0.5) is 5.69 Å². The molecule has 1 aromatic rings. The molecule has 7 nitrogen and oxygen atoms in total. The number of amides is 1. The molecule has 0 aliphatic carbocycles. The minimum atomic E-state index is -3.30. The fourth-order valence-electron chi connectivity index (χ4n) is 2.80. The molecule has 0 saturated carbocycles. The third kappa shape index (κ3) is 6.03. The Labute approximate surface area is 160 Å². The quantitative estimate of drug-likeness (QED) is 0.496. The monoisotopic (exact) mass is 403 g/mol. The summed E-state index contributed by atoms with van der Waals surface area (Å²) >= 11 is 5.48. The molecule has 0 bridgehead atoms. The molecule has 26 heavy (non-hydrogen) atoms. The molecule has 0 spiro atoms. The Morgan fingerprint density at radius 3 is 2.42 bits per heavy atom. The molecule has 0 atom stereocenters. The van der Waals surface area contributed by atoms with Crippen LogP contribution in [0.5, 0.6) is 5.75 Å². The number of hydrogen-bond donors (Lipinski definition) is 1. The van der Waals surface area contributed by atoms with Crippen molar-refractivity contribution in [3.8, 4) is 5.75 Å². The van der Waals surface area contributed by atoms with Crippen LogP contribution in [0, 0.1) is 0 Å². The van der Waals surface area contributed by atoms with E-state index >= 15 is 0 Å². The largest absolute Gasteiger partial charge is 0.497 e. The molecule has 9 heteroatoms. The molecule has 1 aromatic carbocycles. The van der Waals surface area contributed by atoms with Crippen molar-refractivity contribution in [1.82, 2.24) is 9.62 Å². The zero-order valence-electron chi connectivity index (χ0n) is 15.0. The highest BCUT2D eigenvalue weighted by Crippen LogP contribution is 2.21. The highest BCUT2D eigenvalue weighted by atomic mass is 35.5. The summed E-state index contributed by atoms with van der Waals surface area (Å²) < 4.78 is 31.6.